The molecule has 0 fully saturated rings. The number of hydrogen-bond acceptors (Lipinski definition) is 4. The minimum atomic E-state index is -0.502. The van der Waals surface area contributed by atoms with E-state index in [1.54, 1.807) is 12.1 Å². The molecule has 1 atom stereocenters. The smallest absolute Gasteiger partial charge is 0.281 e. The number of anilines is 1. The van der Waals surface area contributed by atoms with Crippen LogP contribution in [0.15, 0.2) is 41.8 Å². The SMILES string of the molecule is O=C1c2ccccc2N[C@H](c2cccs2)N1O. The van der Waals surface area contributed by atoms with Crippen molar-refractivity contribution < 1.29 is 10.0 Å². The summed E-state index contributed by atoms with van der Waals surface area (Å²) in [6, 6.07) is 10.9. The Morgan fingerprint density at radius 1 is 1.24 bits per heavy atom. The molecule has 1 aliphatic rings. The molecule has 0 aliphatic carbocycles. The molecule has 1 aromatic carbocycles. The van der Waals surface area contributed by atoms with E-state index in [1.807, 2.05) is 29.6 Å². The number of thiophene rings is 1. The van der Waals surface area contributed by atoms with Gasteiger partial charge in [0, 0.05) is 10.6 Å². The zero-order valence-corrected chi connectivity index (χ0v) is 9.65. The van der Waals surface area contributed by atoms with Gasteiger partial charge in [-0.2, -0.15) is 5.06 Å². The van der Waals surface area contributed by atoms with Crippen LogP contribution < -0.4 is 5.32 Å². The number of nitrogens with zero attached hydrogens (tertiary/aromatic N) is 1. The number of rotatable bonds is 1. The molecular weight excluding hydrogens is 236 g/mol. The van der Waals surface area contributed by atoms with E-state index in [2.05, 4.69) is 5.32 Å². The maximum atomic E-state index is 12.0. The Bertz CT molecular complexity index is 553. The highest BCUT2D eigenvalue weighted by atomic mass is 32.1. The fourth-order valence-electron chi connectivity index (χ4n) is 1.88. The van der Waals surface area contributed by atoms with Crippen molar-refractivity contribution in [1.29, 1.82) is 0 Å². The highest BCUT2D eigenvalue weighted by Crippen LogP contribution is 2.33. The van der Waals surface area contributed by atoms with Crippen molar-refractivity contribution in [2.75, 3.05) is 5.32 Å². The van der Waals surface area contributed by atoms with E-state index in [1.165, 1.54) is 11.3 Å². The number of para-hydroxylation sites is 1. The molecule has 3 rings (SSSR count). The van der Waals surface area contributed by atoms with Gasteiger partial charge in [-0.05, 0) is 23.6 Å². The van der Waals surface area contributed by atoms with Gasteiger partial charge in [-0.15, -0.1) is 11.3 Å². The molecule has 0 saturated heterocycles. The topological polar surface area (TPSA) is 52.6 Å². The lowest BCUT2D eigenvalue weighted by Gasteiger charge is -2.32. The fraction of sp³-hybridized carbons (Fsp3) is 0.0833. The van der Waals surface area contributed by atoms with Gasteiger partial charge in [0.25, 0.3) is 5.91 Å². The molecule has 4 nitrogen and oxygen atoms in total. The van der Waals surface area contributed by atoms with Crippen LogP contribution in [0.25, 0.3) is 0 Å². The maximum Gasteiger partial charge on any atom is 0.281 e. The third-order valence-corrected chi connectivity index (χ3v) is 3.64. The molecule has 0 unspecified atom stereocenters. The summed E-state index contributed by atoms with van der Waals surface area (Å²) in [7, 11) is 0. The second-order valence-corrected chi connectivity index (χ2v) is 4.74. The second kappa shape index (κ2) is 3.87. The number of hydrogen-bond donors (Lipinski definition) is 2. The zero-order valence-electron chi connectivity index (χ0n) is 8.83. The monoisotopic (exact) mass is 246 g/mol. The van der Waals surface area contributed by atoms with Crippen molar-refractivity contribution in [2.24, 2.45) is 0 Å². The van der Waals surface area contributed by atoms with E-state index < -0.39 is 6.17 Å². The minimum Gasteiger partial charge on any atom is -0.358 e. The van der Waals surface area contributed by atoms with Crippen LogP contribution in [-0.4, -0.2) is 16.2 Å². The molecule has 2 heterocycles. The third kappa shape index (κ3) is 1.60. The van der Waals surface area contributed by atoms with Gasteiger partial charge in [0.2, 0.25) is 0 Å². The Balaban J connectivity index is 2.05. The highest BCUT2D eigenvalue weighted by Gasteiger charge is 2.32. The first kappa shape index (κ1) is 10.3. The lowest BCUT2D eigenvalue weighted by molar-refractivity contribution is -0.0843. The second-order valence-electron chi connectivity index (χ2n) is 3.76. The molecular formula is C12H10N2O2S. The van der Waals surface area contributed by atoms with Crippen molar-refractivity contribution in [2.45, 2.75) is 6.17 Å². The number of nitrogens with one attached hydrogen (secondary N) is 1. The van der Waals surface area contributed by atoms with E-state index in [-0.39, 0.29) is 5.91 Å². The first-order chi connectivity index (χ1) is 8.27. The number of fused-ring (bicyclic) bond motifs is 1. The van der Waals surface area contributed by atoms with Crippen LogP contribution in [0.4, 0.5) is 5.69 Å². The van der Waals surface area contributed by atoms with Gasteiger partial charge in [0.15, 0.2) is 6.17 Å². The molecule has 1 amide bonds. The first-order valence-electron chi connectivity index (χ1n) is 5.19. The zero-order chi connectivity index (χ0) is 11.8. The van der Waals surface area contributed by atoms with E-state index >= 15 is 0 Å². The molecule has 0 saturated carbocycles. The number of benzene rings is 1. The van der Waals surface area contributed by atoms with Crippen LogP contribution >= 0.6 is 11.3 Å². The van der Waals surface area contributed by atoms with Gasteiger partial charge in [0.05, 0.1) is 5.56 Å². The molecule has 1 aromatic heterocycles. The lowest BCUT2D eigenvalue weighted by atomic mass is 10.1. The van der Waals surface area contributed by atoms with Crippen LogP contribution in [0.5, 0.6) is 0 Å². The van der Waals surface area contributed by atoms with Gasteiger partial charge in [-0.3, -0.25) is 10.0 Å². The molecule has 2 aromatic rings. The Morgan fingerprint density at radius 2 is 2.06 bits per heavy atom. The van der Waals surface area contributed by atoms with Gasteiger partial charge in [-0.25, -0.2) is 0 Å². The summed E-state index contributed by atoms with van der Waals surface area (Å²) in [5.41, 5.74) is 1.24. The summed E-state index contributed by atoms with van der Waals surface area (Å²) < 4.78 is 0. The molecule has 86 valence electrons. The quantitative estimate of drug-likeness (QED) is 0.761. The molecule has 2 N–H and O–H groups in total. The van der Waals surface area contributed by atoms with Gasteiger partial charge in [0.1, 0.15) is 0 Å². The van der Waals surface area contributed by atoms with Crippen molar-refractivity contribution in [1.82, 2.24) is 5.06 Å². The van der Waals surface area contributed by atoms with Crippen LogP contribution in [-0.2, 0) is 0 Å². The number of carbonyl (C=O) groups excluding carboxylic acids is 1. The normalized spacial score (nSPS) is 18.8. The standard InChI is InChI=1S/C12H10N2O2S/c15-12-8-4-1-2-5-9(8)13-11(14(12)16)10-6-3-7-17-10/h1-7,11,13,16H/t11-/m0/s1. The van der Waals surface area contributed by atoms with Gasteiger partial charge >= 0.3 is 0 Å². The Labute approximate surface area is 102 Å². The van der Waals surface area contributed by atoms with Gasteiger partial charge in [-0.1, -0.05) is 18.2 Å². The molecule has 0 radical (unpaired) electrons. The summed E-state index contributed by atoms with van der Waals surface area (Å²) in [6.07, 6.45) is -0.502. The summed E-state index contributed by atoms with van der Waals surface area (Å²) in [4.78, 5) is 12.9. The average molecular weight is 246 g/mol. The highest BCUT2D eigenvalue weighted by molar-refractivity contribution is 7.10. The molecule has 1 aliphatic heterocycles. The Kier molecular flexibility index (Phi) is 2.35. The Morgan fingerprint density at radius 3 is 2.82 bits per heavy atom. The molecule has 0 spiro atoms. The average Bonchev–Trinajstić information content (AvgIpc) is 2.87. The lowest BCUT2D eigenvalue weighted by Crippen LogP contribution is -2.40. The third-order valence-electron chi connectivity index (χ3n) is 2.72. The van der Waals surface area contributed by atoms with E-state index in [4.69, 9.17) is 0 Å². The van der Waals surface area contributed by atoms with Gasteiger partial charge < -0.3 is 5.32 Å². The van der Waals surface area contributed by atoms with E-state index in [9.17, 15) is 10.0 Å². The van der Waals surface area contributed by atoms with Crippen LogP contribution in [0.2, 0.25) is 0 Å². The van der Waals surface area contributed by atoms with E-state index in [0.29, 0.717) is 5.56 Å². The molecule has 17 heavy (non-hydrogen) atoms. The number of amides is 1. The van der Waals surface area contributed by atoms with Crippen molar-refractivity contribution in [3.63, 3.8) is 0 Å². The first-order valence-corrected chi connectivity index (χ1v) is 6.07. The maximum absolute atomic E-state index is 12.0. The van der Waals surface area contributed by atoms with E-state index in [0.717, 1.165) is 15.6 Å². The largest absolute Gasteiger partial charge is 0.358 e. The number of hydroxylamine groups is 2. The molecule has 5 heteroatoms. The van der Waals surface area contributed by atoms with Crippen LogP contribution in [0, 0.1) is 0 Å². The summed E-state index contributed by atoms with van der Waals surface area (Å²) in [5.74, 6) is -0.377. The summed E-state index contributed by atoms with van der Waals surface area (Å²) >= 11 is 1.49. The predicted molar refractivity (Wildman–Crippen MR) is 65.1 cm³/mol. The van der Waals surface area contributed by atoms with Crippen molar-refractivity contribution in [3.8, 4) is 0 Å². The van der Waals surface area contributed by atoms with Crippen molar-refractivity contribution in [3.05, 3.63) is 52.2 Å². The predicted octanol–water partition coefficient (Wildman–Crippen LogP) is 2.70. The summed E-state index contributed by atoms with van der Waals surface area (Å²) in [5, 5.41) is 15.7. The van der Waals surface area contributed by atoms with Crippen LogP contribution in [0.1, 0.15) is 21.4 Å². The van der Waals surface area contributed by atoms with Crippen molar-refractivity contribution >= 4 is 22.9 Å². The minimum absolute atomic E-state index is 0.377. The summed E-state index contributed by atoms with van der Waals surface area (Å²) in [6.45, 7) is 0. The molecule has 0 bridgehead atoms. The Hall–Kier alpha value is -1.85. The van der Waals surface area contributed by atoms with Crippen LogP contribution in [0.3, 0.4) is 0 Å². The number of carbonyl (C=O) groups is 1. The fourth-order valence-corrected chi connectivity index (χ4v) is 2.64.